The second kappa shape index (κ2) is 8.06. The standard InChI is InChI=1S/C19H13Br2NO5/c1-10-2-4-15(14(21)6-10)22-17(23)9-26-18(24)13-8-11-7-12(20)3-5-16(11)27-19(13)25/h2-8H,9H2,1H3,(H,22,23). The average Bonchev–Trinajstić information content (AvgIpc) is 2.62. The van der Waals surface area contributed by atoms with Crippen LogP contribution in [0.5, 0.6) is 0 Å². The van der Waals surface area contributed by atoms with Gasteiger partial charge in [-0.3, -0.25) is 4.79 Å². The van der Waals surface area contributed by atoms with Gasteiger partial charge in [-0.2, -0.15) is 0 Å². The molecule has 0 bridgehead atoms. The van der Waals surface area contributed by atoms with Gasteiger partial charge in [0.2, 0.25) is 0 Å². The summed E-state index contributed by atoms with van der Waals surface area (Å²) in [4.78, 5) is 36.2. The largest absolute Gasteiger partial charge is 0.452 e. The van der Waals surface area contributed by atoms with E-state index in [1.165, 1.54) is 6.07 Å². The molecular formula is C19H13Br2NO5. The van der Waals surface area contributed by atoms with Crippen LogP contribution in [0.15, 0.2) is 60.6 Å². The Kier molecular flexibility index (Phi) is 5.76. The summed E-state index contributed by atoms with van der Waals surface area (Å²) in [6.45, 7) is 1.39. The highest BCUT2D eigenvalue weighted by atomic mass is 79.9. The Morgan fingerprint density at radius 1 is 1.11 bits per heavy atom. The van der Waals surface area contributed by atoms with Gasteiger partial charge >= 0.3 is 11.6 Å². The smallest absolute Gasteiger partial charge is 0.351 e. The number of carbonyl (C=O) groups excluding carboxylic acids is 2. The normalized spacial score (nSPS) is 10.6. The highest BCUT2D eigenvalue weighted by Crippen LogP contribution is 2.23. The van der Waals surface area contributed by atoms with E-state index in [1.807, 2.05) is 19.1 Å². The Labute approximate surface area is 170 Å². The van der Waals surface area contributed by atoms with Crippen molar-refractivity contribution in [1.29, 1.82) is 0 Å². The number of anilines is 1. The lowest BCUT2D eigenvalue weighted by Gasteiger charge is -2.09. The van der Waals surface area contributed by atoms with Crippen molar-refractivity contribution in [3.63, 3.8) is 0 Å². The van der Waals surface area contributed by atoms with E-state index < -0.39 is 24.1 Å². The molecule has 0 spiro atoms. The Balaban J connectivity index is 1.70. The number of esters is 1. The van der Waals surface area contributed by atoms with Gasteiger partial charge in [0.15, 0.2) is 6.61 Å². The molecule has 138 valence electrons. The summed E-state index contributed by atoms with van der Waals surface area (Å²) in [6, 6.07) is 11.8. The van der Waals surface area contributed by atoms with Crippen molar-refractivity contribution >= 4 is 60.4 Å². The maximum atomic E-state index is 12.2. The van der Waals surface area contributed by atoms with Crippen molar-refractivity contribution < 1.29 is 18.7 Å². The van der Waals surface area contributed by atoms with Gasteiger partial charge in [-0.15, -0.1) is 0 Å². The van der Waals surface area contributed by atoms with Crippen LogP contribution in [0.3, 0.4) is 0 Å². The third-order valence-electron chi connectivity index (χ3n) is 3.65. The SMILES string of the molecule is Cc1ccc(NC(=O)COC(=O)c2cc3cc(Br)ccc3oc2=O)c(Br)c1. The van der Waals surface area contributed by atoms with Crippen LogP contribution in [0.1, 0.15) is 15.9 Å². The number of rotatable bonds is 4. The Bertz CT molecular complexity index is 1110. The third kappa shape index (κ3) is 4.64. The van der Waals surface area contributed by atoms with Crippen LogP contribution in [0.2, 0.25) is 0 Å². The van der Waals surface area contributed by atoms with Crippen molar-refractivity contribution in [1.82, 2.24) is 0 Å². The first kappa shape index (κ1) is 19.3. The van der Waals surface area contributed by atoms with Crippen LogP contribution in [0.4, 0.5) is 5.69 Å². The average molecular weight is 495 g/mol. The van der Waals surface area contributed by atoms with Gasteiger partial charge < -0.3 is 14.5 Å². The molecule has 0 aliphatic heterocycles. The van der Waals surface area contributed by atoms with Crippen molar-refractivity contribution in [3.05, 3.63) is 73.0 Å². The molecule has 0 fully saturated rings. The Hall–Kier alpha value is -2.45. The molecule has 0 unspecified atom stereocenters. The molecule has 1 amide bonds. The summed E-state index contributed by atoms with van der Waals surface area (Å²) in [5.41, 5.74) is 0.834. The molecule has 2 aromatic carbocycles. The molecule has 6 nitrogen and oxygen atoms in total. The molecular weight excluding hydrogens is 482 g/mol. The number of benzene rings is 2. The van der Waals surface area contributed by atoms with E-state index in [0.717, 1.165) is 10.0 Å². The molecule has 1 heterocycles. The predicted molar refractivity (Wildman–Crippen MR) is 108 cm³/mol. The maximum Gasteiger partial charge on any atom is 0.351 e. The summed E-state index contributed by atoms with van der Waals surface area (Å²) in [6.07, 6.45) is 0. The molecule has 0 saturated carbocycles. The zero-order valence-electron chi connectivity index (χ0n) is 14.0. The quantitative estimate of drug-likeness (QED) is 0.428. The minimum Gasteiger partial charge on any atom is -0.452 e. The number of ether oxygens (including phenoxy) is 1. The molecule has 0 radical (unpaired) electrons. The molecule has 0 saturated heterocycles. The maximum absolute atomic E-state index is 12.2. The minimum absolute atomic E-state index is 0.273. The van der Waals surface area contributed by atoms with Gasteiger partial charge in [-0.25, -0.2) is 9.59 Å². The fourth-order valence-electron chi connectivity index (χ4n) is 2.35. The van der Waals surface area contributed by atoms with Gasteiger partial charge in [0.05, 0.1) is 5.69 Å². The summed E-state index contributed by atoms with van der Waals surface area (Å²) >= 11 is 6.66. The van der Waals surface area contributed by atoms with Crippen LogP contribution >= 0.6 is 31.9 Å². The van der Waals surface area contributed by atoms with E-state index in [1.54, 1.807) is 24.3 Å². The lowest BCUT2D eigenvalue weighted by atomic mass is 10.2. The number of carbonyl (C=O) groups is 2. The van der Waals surface area contributed by atoms with E-state index in [2.05, 4.69) is 37.2 Å². The number of aryl methyl sites for hydroxylation is 1. The van der Waals surface area contributed by atoms with Crippen LogP contribution in [0.25, 0.3) is 11.0 Å². The van der Waals surface area contributed by atoms with E-state index in [9.17, 15) is 14.4 Å². The second-order valence-corrected chi connectivity index (χ2v) is 7.51. The zero-order valence-corrected chi connectivity index (χ0v) is 17.2. The molecule has 3 aromatic rings. The van der Waals surface area contributed by atoms with Gasteiger partial charge in [0, 0.05) is 14.3 Å². The highest BCUT2D eigenvalue weighted by molar-refractivity contribution is 9.10. The number of amides is 1. The number of halogens is 2. The van der Waals surface area contributed by atoms with Crippen molar-refractivity contribution in [2.45, 2.75) is 6.92 Å². The number of hydrogen-bond donors (Lipinski definition) is 1. The summed E-state index contributed by atoms with van der Waals surface area (Å²) in [5, 5.41) is 3.18. The van der Waals surface area contributed by atoms with Crippen molar-refractivity contribution in [2.24, 2.45) is 0 Å². The van der Waals surface area contributed by atoms with Gasteiger partial charge in [0.25, 0.3) is 5.91 Å². The van der Waals surface area contributed by atoms with Crippen molar-refractivity contribution in [3.8, 4) is 0 Å². The summed E-state index contributed by atoms with van der Waals surface area (Å²) < 4.78 is 11.5. The molecule has 1 N–H and O–H groups in total. The molecule has 8 heteroatoms. The Morgan fingerprint density at radius 3 is 2.63 bits per heavy atom. The van der Waals surface area contributed by atoms with Crippen LogP contribution < -0.4 is 10.9 Å². The Morgan fingerprint density at radius 2 is 1.89 bits per heavy atom. The van der Waals surface area contributed by atoms with E-state index in [4.69, 9.17) is 9.15 Å². The summed E-state index contributed by atoms with van der Waals surface area (Å²) in [5.74, 6) is -1.45. The van der Waals surface area contributed by atoms with Crippen molar-refractivity contribution in [2.75, 3.05) is 11.9 Å². The number of nitrogens with one attached hydrogen (secondary N) is 1. The number of hydrogen-bond acceptors (Lipinski definition) is 5. The summed E-state index contributed by atoms with van der Waals surface area (Å²) in [7, 11) is 0. The molecule has 3 rings (SSSR count). The topological polar surface area (TPSA) is 85.6 Å². The molecule has 1 aromatic heterocycles. The van der Waals surface area contributed by atoms with Gasteiger partial charge in [-0.05, 0) is 64.8 Å². The fourth-order valence-corrected chi connectivity index (χ4v) is 3.32. The zero-order chi connectivity index (χ0) is 19.6. The van der Waals surface area contributed by atoms with Gasteiger partial charge in [-0.1, -0.05) is 22.0 Å². The third-order valence-corrected chi connectivity index (χ3v) is 4.80. The van der Waals surface area contributed by atoms with E-state index in [-0.39, 0.29) is 5.56 Å². The first-order valence-corrected chi connectivity index (χ1v) is 9.38. The molecule has 27 heavy (non-hydrogen) atoms. The lowest BCUT2D eigenvalue weighted by molar-refractivity contribution is -0.119. The highest BCUT2D eigenvalue weighted by Gasteiger charge is 2.17. The fraction of sp³-hybridized carbons (Fsp3) is 0.105. The molecule has 0 aliphatic rings. The van der Waals surface area contributed by atoms with Gasteiger partial charge in [0.1, 0.15) is 11.1 Å². The lowest BCUT2D eigenvalue weighted by Crippen LogP contribution is -2.23. The first-order chi connectivity index (χ1) is 12.8. The first-order valence-electron chi connectivity index (χ1n) is 7.80. The van der Waals surface area contributed by atoms with Crippen LogP contribution in [0, 0.1) is 6.92 Å². The van der Waals surface area contributed by atoms with E-state index in [0.29, 0.717) is 21.1 Å². The van der Waals surface area contributed by atoms with Crippen LogP contribution in [-0.2, 0) is 9.53 Å². The number of fused-ring (bicyclic) bond motifs is 1. The van der Waals surface area contributed by atoms with E-state index >= 15 is 0 Å². The molecule has 0 atom stereocenters. The monoisotopic (exact) mass is 493 g/mol. The molecule has 0 aliphatic carbocycles. The van der Waals surface area contributed by atoms with Crippen LogP contribution in [-0.4, -0.2) is 18.5 Å². The minimum atomic E-state index is -0.927. The second-order valence-electron chi connectivity index (χ2n) is 5.74. The predicted octanol–water partition coefficient (Wildman–Crippen LogP) is 4.42.